The maximum atomic E-state index is 16.0. The van der Waals surface area contributed by atoms with Crippen LogP contribution in [-0.4, -0.2) is 323 Å². The van der Waals surface area contributed by atoms with Crippen LogP contribution in [0.3, 0.4) is 0 Å². The predicted molar refractivity (Wildman–Crippen MR) is 520 cm³/mol. The topological polar surface area (TPSA) is 326 Å². The molecule has 136 heavy (non-hydrogen) atoms. The number of carbonyl (C=O) groups is 6. The highest BCUT2D eigenvalue weighted by Gasteiger charge is 2.63. The van der Waals surface area contributed by atoms with Gasteiger partial charge < -0.3 is 64.9 Å². The number of pyridine rings is 1. The average molecular weight is 1980 g/mol. The quantitative estimate of drug-likeness (QED) is 0.0570. The summed E-state index contributed by atoms with van der Waals surface area (Å²) in [6.07, 6.45) is 13.9. The fourth-order valence-corrected chi connectivity index (χ4v) is 28.7. The van der Waals surface area contributed by atoms with Crippen LogP contribution in [-0.2, 0) is 28.7 Å². The minimum Gasteiger partial charge on any atom is -0.476 e. The van der Waals surface area contributed by atoms with Crippen LogP contribution >= 0.6 is 58.3 Å². The molecule has 742 valence electrons. The zero-order valence-electron chi connectivity index (χ0n) is 79.0. The number of carbonyl (C=O) groups excluding carboxylic acids is 6. The Morgan fingerprint density at radius 1 is 0.640 bits per heavy atom. The van der Waals surface area contributed by atoms with E-state index in [2.05, 4.69) is 122 Å². The number of hydrogen-bond donors (Lipinski definition) is 8. The van der Waals surface area contributed by atoms with Crippen molar-refractivity contribution < 1.29 is 56.1 Å². The molecule has 8 N–H and O–H groups in total. The van der Waals surface area contributed by atoms with Crippen LogP contribution in [0.5, 0.6) is 5.88 Å². The van der Waals surface area contributed by atoms with Crippen molar-refractivity contribution in [3.05, 3.63) is 95.6 Å². The summed E-state index contributed by atoms with van der Waals surface area (Å²) in [4.78, 5) is 130. The third kappa shape index (κ3) is 19.8. The van der Waals surface area contributed by atoms with Gasteiger partial charge in [0.25, 0.3) is 0 Å². The van der Waals surface area contributed by atoms with E-state index in [4.69, 9.17) is 54.0 Å². The summed E-state index contributed by atoms with van der Waals surface area (Å²) >= 11 is 24.9. The Balaban J connectivity index is 0.000000136. The number of urea groups is 2. The lowest BCUT2D eigenvalue weighted by atomic mass is 9.74. The van der Waals surface area contributed by atoms with Gasteiger partial charge in [-0.05, 0) is 182 Å². The van der Waals surface area contributed by atoms with Gasteiger partial charge in [0.05, 0.1) is 94.9 Å². The van der Waals surface area contributed by atoms with E-state index in [9.17, 15) is 33.6 Å². The van der Waals surface area contributed by atoms with Crippen LogP contribution in [0.4, 0.5) is 28.6 Å². The number of thioether (sulfide) groups is 2. The number of piperazine rings is 3. The number of aromatic nitrogens is 5. The van der Waals surface area contributed by atoms with Crippen molar-refractivity contribution in [3.63, 3.8) is 0 Å². The number of nitrogens with one attached hydrogen (secondary N) is 8. The summed E-state index contributed by atoms with van der Waals surface area (Å²) in [6, 6.07) is 5.07. The molecule has 4 aromatic rings. The number of fused-ring (bicyclic) bond motifs is 17. The number of piperidine rings is 3. The summed E-state index contributed by atoms with van der Waals surface area (Å²) in [6.45, 7) is 32.4. The van der Waals surface area contributed by atoms with Crippen LogP contribution < -0.4 is 57.9 Å². The van der Waals surface area contributed by atoms with Crippen molar-refractivity contribution in [3.8, 4) is 22.8 Å². The van der Waals surface area contributed by atoms with Crippen molar-refractivity contribution in [2.75, 3.05) is 95.3 Å². The van der Waals surface area contributed by atoms with Gasteiger partial charge in [-0.1, -0.05) is 78.9 Å². The molecule has 0 radical (unpaired) electrons. The van der Waals surface area contributed by atoms with Gasteiger partial charge in [-0.2, -0.15) is 21.7 Å². The first-order valence-electron chi connectivity index (χ1n) is 49.8. The number of rotatable bonds is 9. The molecule has 31 nitrogen and oxygen atoms in total. The zero-order chi connectivity index (χ0) is 95.5. The van der Waals surface area contributed by atoms with Crippen LogP contribution in [0.1, 0.15) is 169 Å². The third-order valence-corrected chi connectivity index (χ3v) is 35.4. The lowest BCUT2D eigenvalue weighted by Crippen LogP contribution is -2.81. The normalized spacial score (nSPS) is 36.0. The predicted octanol–water partition coefficient (Wildman–Crippen LogP) is 10.2. The molecule has 20 rings (SSSR count). The zero-order valence-corrected chi connectivity index (χ0v) is 82.9. The number of amides is 8. The van der Waals surface area contributed by atoms with Gasteiger partial charge >= 0.3 is 17.8 Å². The molecule has 4 saturated carbocycles. The van der Waals surface area contributed by atoms with E-state index >= 15 is 13.2 Å². The molecular formula is C97H135Cl3F3N21O10S2. The van der Waals surface area contributed by atoms with Crippen LogP contribution in [0.25, 0.3) is 28.0 Å². The third-order valence-electron chi connectivity index (χ3n) is 31.6. The van der Waals surface area contributed by atoms with Gasteiger partial charge in [0.1, 0.15) is 42.2 Å². The SMILES string of the molecule is C=CC(=O)N1CCN(C2NC(=O)N3C4NC(C(Cl)CC42)C2C(F)CCCC2OCCCCOC2NCNC(C(C)C)C23)[C@@H]2C[C@@H]21.C=CC(=O)N1CCN(C2NC(=O)N3C4NC(C(Cl)CC42)C2C(F)CCCC2SCCCC(=O)NC2CCNC(C(C)C)C23)[C@H](C)C1.C=CC(=O)N1CCN(c2nc(=O)n3c4nc(c(Cl)cc24)-c2c(F)cccc2SCCCCOc2ncnc(C(C)C)c2-3)[C@H]2C[C@H]21. The molecule has 1 aromatic carbocycles. The highest BCUT2D eigenvalue weighted by molar-refractivity contribution is 8.00. The van der Waals surface area contributed by atoms with E-state index in [1.54, 1.807) is 23.9 Å². The Morgan fingerprint density at radius 3 is 1.98 bits per heavy atom. The largest absolute Gasteiger partial charge is 0.476 e. The van der Waals surface area contributed by atoms with Crippen LogP contribution in [0.2, 0.25) is 5.02 Å². The minimum atomic E-state index is -1.02. The van der Waals surface area contributed by atoms with Crippen LogP contribution in [0.15, 0.2) is 78.2 Å². The second-order valence-electron chi connectivity index (χ2n) is 40.7. The summed E-state index contributed by atoms with van der Waals surface area (Å²) in [5.41, 5.74) is 1.09. The Hall–Kier alpha value is -7.17. The maximum Gasteiger partial charge on any atom is 0.356 e. The van der Waals surface area contributed by atoms with Gasteiger partial charge in [0.2, 0.25) is 29.5 Å². The van der Waals surface area contributed by atoms with E-state index in [1.165, 1.54) is 47.0 Å². The molecule has 3 aromatic heterocycles. The van der Waals surface area contributed by atoms with Crippen LogP contribution in [0, 0.1) is 41.3 Å². The molecule has 15 heterocycles. The summed E-state index contributed by atoms with van der Waals surface area (Å²) in [5, 5.41) is 28.9. The molecule has 27 atom stereocenters. The Labute approximate surface area is 818 Å². The van der Waals surface area contributed by atoms with Crippen molar-refractivity contribution in [1.29, 1.82) is 0 Å². The van der Waals surface area contributed by atoms with E-state index in [0.717, 1.165) is 88.7 Å². The molecule has 11 saturated heterocycles. The summed E-state index contributed by atoms with van der Waals surface area (Å²) in [7, 11) is 0. The molecule has 12 aliphatic heterocycles. The lowest BCUT2D eigenvalue weighted by Gasteiger charge is -2.60. The number of benzene rings is 1. The fourth-order valence-electron chi connectivity index (χ4n) is 25.0. The van der Waals surface area contributed by atoms with Crippen molar-refractivity contribution in [1.82, 2.24) is 101 Å². The monoisotopic (exact) mass is 1980 g/mol. The molecule has 4 aliphatic carbocycles. The number of anilines is 1. The van der Waals surface area contributed by atoms with Crippen molar-refractivity contribution in [2.24, 2.45) is 35.5 Å². The van der Waals surface area contributed by atoms with Gasteiger partial charge in [-0.15, -0.1) is 35.0 Å². The fraction of sp³-hybridized carbons (Fsp3) is 0.701. The first kappa shape index (κ1) is 99.0. The van der Waals surface area contributed by atoms with E-state index in [0.29, 0.717) is 138 Å². The molecule has 8 amide bonds. The molecule has 0 spiro atoms. The number of hydrogen-bond acceptors (Lipinski definition) is 24. The lowest BCUT2D eigenvalue weighted by molar-refractivity contribution is -0.132. The highest BCUT2D eigenvalue weighted by Crippen LogP contribution is 2.51. The highest BCUT2D eigenvalue weighted by atomic mass is 35.5. The summed E-state index contributed by atoms with van der Waals surface area (Å²) in [5.74, 6) is 1.08. The number of nitrogens with zero attached hydrogens (tertiary/aromatic N) is 13. The molecular weight excluding hydrogens is 1850 g/mol. The van der Waals surface area contributed by atoms with Gasteiger partial charge in [0, 0.05) is 159 Å². The van der Waals surface area contributed by atoms with E-state index in [-0.39, 0.29) is 224 Å². The smallest absolute Gasteiger partial charge is 0.356 e. The first-order valence-corrected chi connectivity index (χ1v) is 53.1. The van der Waals surface area contributed by atoms with E-state index in [1.807, 2.05) is 49.3 Å². The summed E-state index contributed by atoms with van der Waals surface area (Å²) < 4.78 is 68.1. The number of ether oxygens (including phenoxy) is 3. The van der Waals surface area contributed by atoms with Crippen molar-refractivity contribution in [2.45, 2.75) is 306 Å². The number of halogens is 6. The van der Waals surface area contributed by atoms with Gasteiger partial charge in [-0.3, -0.25) is 50.2 Å². The first-order chi connectivity index (χ1) is 65.6. The Kier molecular flexibility index (Phi) is 31.0. The Bertz CT molecular complexity index is 5140. The van der Waals surface area contributed by atoms with E-state index < -0.39 is 30.0 Å². The second kappa shape index (κ2) is 42.6. The Morgan fingerprint density at radius 2 is 1.28 bits per heavy atom. The maximum absolute atomic E-state index is 16.0. The standard InChI is InChI=1S/C33H53ClFN7O3S.C32H51ClFN7O4.C32H31ClFN7O3S/c1-5-26(44)40-13-14-41(19(4)17-40)31-20-16-21(34)29-27-22(35)8-6-9-24(27)46-15-7-10-25(43)37-23-11-12-36-28(18(2)3)30(23)42(32(20)38-29)33(45)39-31;1-4-24(42)39-10-11-40(22-15-21(22)39)29-18-14-19(33)27-25-20(34)8-7-9-23(25)44-12-5-6-13-45-31-28(26(17(2)3)35-16-36-31)41(30(18)37-27)32(43)38-29;1-4-24(42)39-10-11-40(22-15-21(22)39)29-18-14-19(33)27-25-20(34)8-7-9-23(25)45-13-6-5-12-44-31-28(26(17(2)3)35-16-36-31)41(30(18)37-27)32(43)38-29/h5,18-24,27-32,36,38H,1,6-17H2,2-4H3,(H,37,43)(H,39,45);4,17-23,25-31,35-37H,1,5-16H2,2-3H3,(H,38,43);4,7-9,14,16-17,21-22H,1,5-6,10-13,15H2,2-3H3/t19-,20?,21?,22?,23?,24?,27?,28?,29?,30?,31?,32?;18?,19?,20?,21-,22+,23?,25?,26?,27?,28?,29?,30?,31?;21-,22+/m101/s1. The molecule has 16 aliphatic rings. The number of alkyl halides is 4. The molecule has 22 unspecified atom stereocenters. The average Bonchev–Trinajstić information content (AvgIpc) is 1.50. The molecule has 39 heteroatoms. The molecule has 6 bridgehead atoms. The van der Waals surface area contributed by atoms with Crippen molar-refractivity contribution >= 4 is 111 Å². The molecule has 15 fully saturated rings. The van der Waals surface area contributed by atoms with Gasteiger partial charge in [-0.25, -0.2) is 42.1 Å². The minimum absolute atomic E-state index is 0.000603. The second-order valence-corrected chi connectivity index (χ2v) is 44.8. The van der Waals surface area contributed by atoms with Gasteiger partial charge in [0.15, 0.2) is 5.65 Å².